The number of hydrogen-bond acceptors (Lipinski definition) is 3. The molecule has 0 bridgehead atoms. The van der Waals surface area contributed by atoms with Crippen LogP contribution in [0.4, 0.5) is 5.69 Å². The summed E-state index contributed by atoms with van der Waals surface area (Å²) in [5.41, 5.74) is 7.66. The Morgan fingerprint density at radius 1 is 1.19 bits per heavy atom. The number of anilines is 1. The maximum Gasteiger partial charge on any atom is 0.0802 e. The van der Waals surface area contributed by atoms with E-state index in [0.717, 1.165) is 18.7 Å². The van der Waals surface area contributed by atoms with Crippen molar-refractivity contribution in [2.45, 2.75) is 25.4 Å². The zero-order valence-corrected chi connectivity index (χ0v) is 9.60. The van der Waals surface area contributed by atoms with Gasteiger partial charge in [0, 0.05) is 18.8 Å². The summed E-state index contributed by atoms with van der Waals surface area (Å²) in [4.78, 5) is 2.39. The van der Waals surface area contributed by atoms with E-state index >= 15 is 0 Å². The van der Waals surface area contributed by atoms with Gasteiger partial charge in [-0.05, 0) is 43.5 Å². The molecule has 0 radical (unpaired) electrons. The van der Waals surface area contributed by atoms with Crippen LogP contribution in [0.3, 0.4) is 0 Å². The summed E-state index contributed by atoms with van der Waals surface area (Å²) in [6, 6.07) is 8.21. The monoisotopic (exact) mass is 220 g/mol. The molecule has 88 valence electrons. The molecule has 0 amide bonds. The molecule has 1 saturated heterocycles. The molecule has 1 fully saturated rings. The van der Waals surface area contributed by atoms with Crippen molar-refractivity contribution in [3.8, 4) is 0 Å². The van der Waals surface area contributed by atoms with Crippen LogP contribution in [0.5, 0.6) is 0 Å². The van der Waals surface area contributed by atoms with E-state index in [1.165, 1.54) is 18.5 Å². The highest BCUT2D eigenvalue weighted by Gasteiger charge is 2.12. The Labute approximate surface area is 96.9 Å². The summed E-state index contributed by atoms with van der Waals surface area (Å²) in [6.45, 7) is 2.84. The van der Waals surface area contributed by atoms with E-state index in [0.29, 0.717) is 13.0 Å². The number of rotatable bonds is 4. The number of hydrogen-bond donors (Lipinski definition) is 2. The van der Waals surface area contributed by atoms with Crippen LogP contribution < -0.4 is 10.6 Å². The zero-order chi connectivity index (χ0) is 11.4. The third kappa shape index (κ3) is 2.54. The number of aliphatic hydroxyl groups is 1. The van der Waals surface area contributed by atoms with Gasteiger partial charge >= 0.3 is 0 Å². The summed E-state index contributed by atoms with van der Waals surface area (Å²) in [5, 5.41) is 9.78. The number of nitrogens with zero attached hydrogens (tertiary/aromatic N) is 1. The highest BCUT2D eigenvalue weighted by molar-refractivity contribution is 5.48. The lowest BCUT2D eigenvalue weighted by atomic mass is 10.1. The summed E-state index contributed by atoms with van der Waals surface area (Å²) >= 11 is 0. The molecule has 1 atom stereocenters. The van der Waals surface area contributed by atoms with E-state index in [9.17, 15) is 5.11 Å². The SMILES string of the molecule is NCC[C@H](O)c1ccc(N2CCCC2)cc1. The van der Waals surface area contributed by atoms with Crippen molar-refractivity contribution < 1.29 is 5.11 Å². The summed E-state index contributed by atoms with van der Waals surface area (Å²) in [5.74, 6) is 0. The molecule has 2 rings (SSSR count). The van der Waals surface area contributed by atoms with E-state index < -0.39 is 6.10 Å². The second kappa shape index (κ2) is 5.32. The molecule has 16 heavy (non-hydrogen) atoms. The summed E-state index contributed by atoms with van der Waals surface area (Å²) < 4.78 is 0. The molecular weight excluding hydrogens is 200 g/mol. The second-order valence-electron chi connectivity index (χ2n) is 4.38. The van der Waals surface area contributed by atoms with Crippen molar-refractivity contribution in [3.63, 3.8) is 0 Å². The van der Waals surface area contributed by atoms with Crippen molar-refractivity contribution in [2.24, 2.45) is 5.73 Å². The van der Waals surface area contributed by atoms with Crippen LogP contribution in [0.25, 0.3) is 0 Å². The van der Waals surface area contributed by atoms with Crippen molar-refractivity contribution in [2.75, 3.05) is 24.5 Å². The standard InChI is InChI=1S/C13H20N2O/c14-8-7-13(16)11-3-5-12(6-4-11)15-9-1-2-10-15/h3-6,13,16H,1-2,7-10,14H2/t13-/m0/s1. The van der Waals surface area contributed by atoms with Gasteiger partial charge in [-0.3, -0.25) is 0 Å². The van der Waals surface area contributed by atoms with Crippen LogP contribution in [0.2, 0.25) is 0 Å². The maximum atomic E-state index is 9.78. The number of aliphatic hydroxyl groups excluding tert-OH is 1. The average Bonchev–Trinajstić information content (AvgIpc) is 2.83. The minimum atomic E-state index is -0.419. The molecule has 0 saturated carbocycles. The van der Waals surface area contributed by atoms with E-state index in [2.05, 4.69) is 17.0 Å². The Morgan fingerprint density at radius 3 is 2.38 bits per heavy atom. The third-order valence-corrected chi connectivity index (χ3v) is 3.19. The minimum Gasteiger partial charge on any atom is -0.388 e. The topological polar surface area (TPSA) is 49.5 Å². The normalized spacial score (nSPS) is 17.8. The van der Waals surface area contributed by atoms with Crippen molar-refractivity contribution in [3.05, 3.63) is 29.8 Å². The Kier molecular flexibility index (Phi) is 3.80. The van der Waals surface area contributed by atoms with Crippen LogP contribution in [0, 0.1) is 0 Å². The summed E-state index contributed by atoms with van der Waals surface area (Å²) in [7, 11) is 0. The fourth-order valence-electron chi connectivity index (χ4n) is 2.21. The molecule has 1 aromatic carbocycles. The number of benzene rings is 1. The van der Waals surface area contributed by atoms with Crippen LogP contribution in [-0.2, 0) is 0 Å². The molecule has 0 unspecified atom stereocenters. The molecule has 0 spiro atoms. The van der Waals surface area contributed by atoms with E-state index in [4.69, 9.17) is 5.73 Å². The lowest BCUT2D eigenvalue weighted by Gasteiger charge is -2.18. The molecule has 1 aromatic rings. The average molecular weight is 220 g/mol. The van der Waals surface area contributed by atoms with Crippen molar-refractivity contribution >= 4 is 5.69 Å². The first kappa shape index (κ1) is 11.4. The predicted octanol–water partition coefficient (Wildman–Crippen LogP) is 1.67. The molecule has 1 aliphatic heterocycles. The van der Waals surface area contributed by atoms with Gasteiger partial charge in [0.15, 0.2) is 0 Å². The molecule has 3 nitrogen and oxygen atoms in total. The van der Waals surface area contributed by atoms with Crippen LogP contribution in [0.15, 0.2) is 24.3 Å². The predicted molar refractivity (Wildman–Crippen MR) is 66.5 cm³/mol. The Morgan fingerprint density at radius 2 is 1.81 bits per heavy atom. The molecule has 0 aromatic heterocycles. The van der Waals surface area contributed by atoms with Gasteiger partial charge < -0.3 is 15.7 Å². The van der Waals surface area contributed by atoms with Gasteiger partial charge in [0.1, 0.15) is 0 Å². The van der Waals surface area contributed by atoms with Gasteiger partial charge in [-0.2, -0.15) is 0 Å². The lowest BCUT2D eigenvalue weighted by Crippen LogP contribution is -2.17. The largest absolute Gasteiger partial charge is 0.388 e. The van der Waals surface area contributed by atoms with Gasteiger partial charge in [0.05, 0.1) is 6.10 Å². The first-order valence-electron chi connectivity index (χ1n) is 6.04. The smallest absolute Gasteiger partial charge is 0.0802 e. The lowest BCUT2D eigenvalue weighted by molar-refractivity contribution is 0.170. The van der Waals surface area contributed by atoms with Gasteiger partial charge in [-0.15, -0.1) is 0 Å². The number of nitrogens with two attached hydrogens (primary N) is 1. The van der Waals surface area contributed by atoms with E-state index in [1.54, 1.807) is 0 Å². The Balaban J connectivity index is 2.03. The van der Waals surface area contributed by atoms with Gasteiger partial charge in [-0.1, -0.05) is 12.1 Å². The minimum absolute atomic E-state index is 0.419. The highest BCUT2D eigenvalue weighted by atomic mass is 16.3. The van der Waals surface area contributed by atoms with E-state index in [1.807, 2.05) is 12.1 Å². The second-order valence-corrected chi connectivity index (χ2v) is 4.38. The van der Waals surface area contributed by atoms with Crippen LogP contribution in [-0.4, -0.2) is 24.7 Å². The molecule has 3 N–H and O–H groups in total. The third-order valence-electron chi connectivity index (χ3n) is 3.19. The fraction of sp³-hybridized carbons (Fsp3) is 0.538. The van der Waals surface area contributed by atoms with Crippen LogP contribution >= 0.6 is 0 Å². The molecular formula is C13H20N2O. The highest BCUT2D eigenvalue weighted by Crippen LogP contribution is 2.23. The molecule has 3 heteroatoms. The Hall–Kier alpha value is -1.06. The molecule has 1 aliphatic rings. The molecule has 1 heterocycles. The summed E-state index contributed by atoms with van der Waals surface area (Å²) in [6.07, 6.45) is 2.79. The zero-order valence-electron chi connectivity index (χ0n) is 9.60. The van der Waals surface area contributed by atoms with Gasteiger partial charge in [0.2, 0.25) is 0 Å². The maximum absolute atomic E-state index is 9.78. The van der Waals surface area contributed by atoms with Crippen LogP contribution in [0.1, 0.15) is 30.9 Å². The first-order valence-corrected chi connectivity index (χ1v) is 6.04. The Bertz CT molecular complexity index is 317. The van der Waals surface area contributed by atoms with E-state index in [-0.39, 0.29) is 0 Å². The van der Waals surface area contributed by atoms with Crippen molar-refractivity contribution in [1.29, 1.82) is 0 Å². The van der Waals surface area contributed by atoms with Gasteiger partial charge in [-0.25, -0.2) is 0 Å². The van der Waals surface area contributed by atoms with Gasteiger partial charge in [0.25, 0.3) is 0 Å². The quantitative estimate of drug-likeness (QED) is 0.811. The van der Waals surface area contributed by atoms with Crippen molar-refractivity contribution in [1.82, 2.24) is 0 Å². The fourth-order valence-corrected chi connectivity index (χ4v) is 2.21. The molecule has 0 aliphatic carbocycles. The first-order chi connectivity index (χ1) is 7.81.